The Bertz CT molecular complexity index is 324. The van der Waals surface area contributed by atoms with Gasteiger partial charge in [0.2, 0.25) is 0 Å². The highest BCUT2D eigenvalue weighted by Gasteiger charge is 2.38. The number of hydrogen-bond acceptors (Lipinski definition) is 1. The number of aryl methyl sites for hydroxylation is 1. The van der Waals surface area contributed by atoms with Gasteiger partial charge in [-0.3, -0.25) is 0 Å². The van der Waals surface area contributed by atoms with Crippen molar-refractivity contribution in [3.05, 3.63) is 15.9 Å². The Morgan fingerprint density at radius 2 is 2.08 bits per heavy atom. The van der Waals surface area contributed by atoms with Crippen LogP contribution >= 0.6 is 44.3 Å². The number of rotatable bonds is 1. The first kappa shape index (κ1) is 11.7. The molecule has 0 N–H and O–H groups in total. The predicted octanol–water partition coefficient (Wildman–Crippen LogP) is 3.76. The molecule has 13 heavy (non-hydrogen) atoms. The molecule has 1 aromatic heterocycles. The fraction of sp³-hybridized carbons (Fsp3) is 0.400. The van der Waals surface area contributed by atoms with Gasteiger partial charge in [0.05, 0.1) is 16.5 Å². The van der Waals surface area contributed by atoms with Gasteiger partial charge < -0.3 is 0 Å². The maximum atomic E-state index is 12.4. The molecule has 0 bridgehead atoms. The topological polar surface area (TPSA) is 17.8 Å². The molecule has 74 valence electrons. The minimum atomic E-state index is -4.35. The normalized spacial score (nSPS) is 13.1. The second-order valence-electron chi connectivity index (χ2n) is 2.24. The molecular weight excluding hydrogens is 383 g/mol. The van der Waals surface area contributed by atoms with Crippen molar-refractivity contribution in [2.75, 3.05) is 0 Å². The molecule has 8 heteroatoms. The summed E-state index contributed by atoms with van der Waals surface area (Å²) in [4.78, 5) is 0. The summed E-state index contributed by atoms with van der Waals surface area (Å²) in [5.74, 6) is 0. The monoisotopic (exact) mass is 386 g/mol. The van der Waals surface area contributed by atoms with Gasteiger partial charge in [-0.05, 0) is 44.9 Å². The van der Waals surface area contributed by atoms with E-state index in [1.807, 2.05) is 22.0 Å². The minimum absolute atomic E-state index is 0.0316. The highest BCUT2D eigenvalue weighted by molar-refractivity contribution is 14.2. The summed E-state index contributed by atoms with van der Waals surface area (Å²) in [7, 11) is 0. The summed E-state index contributed by atoms with van der Waals surface area (Å²) in [5, 5.41) is 3.75. The largest absolute Gasteiger partial charge is 0.434 e. The van der Waals surface area contributed by atoms with Crippen LogP contribution in [0.5, 0.6) is 0 Å². The molecule has 0 saturated carbocycles. The number of alkyl halides is 3. The van der Waals surface area contributed by atoms with Gasteiger partial charge in [-0.2, -0.15) is 18.3 Å². The van der Waals surface area contributed by atoms with Crippen molar-refractivity contribution in [2.24, 2.45) is 0 Å². The van der Waals surface area contributed by atoms with Crippen molar-refractivity contribution in [2.45, 2.75) is 13.1 Å². The van der Waals surface area contributed by atoms with Crippen LogP contribution < -0.4 is 0 Å². The zero-order valence-corrected chi connectivity index (χ0v) is 11.0. The molecule has 0 fully saturated rings. The lowest BCUT2D eigenvalue weighted by molar-refractivity contribution is -0.142. The van der Waals surface area contributed by atoms with Crippen LogP contribution in [0, 0.1) is 6.92 Å². The number of nitrogens with zero attached hydrogens (tertiary/aromatic N) is 2. The van der Waals surface area contributed by atoms with Crippen molar-refractivity contribution in [3.63, 3.8) is 0 Å². The molecule has 1 atom stereocenters. The molecule has 0 spiro atoms. The second kappa shape index (κ2) is 4.02. The van der Waals surface area contributed by atoms with Crippen molar-refractivity contribution in [1.29, 1.82) is 0 Å². The number of aromatic nitrogens is 2. The third kappa shape index (κ3) is 2.36. The Morgan fingerprint density at radius 1 is 1.54 bits per heavy atom. The molecule has 0 radical (unpaired) electrons. The zero-order chi connectivity index (χ0) is 10.2. The van der Waals surface area contributed by atoms with E-state index in [1.165, 1.54) is 6.92 Å². The third-order valence-electron chi connectivity index (χ3n) is 1.34. The van der Waals surface area contributed by atoms with E-state index in [1.54, 1.807) is 0 Å². The molecule has 1 unspecified atom stereocenters. The van der Waals surface area contributed by atoms with E-state index >= 15 is 0 Å². The molecule has 0 aromatic carbocycles. The van der Waals surface area contributed by atoms with Gasteiger partial charge in [-0.25, -0.2) is 4.45 Å². The predicted molar refractivity (Wildman–Crippen MR) is 57.4 cm³/mol. The maximum absolute atomic E-state index is 12.4. The standard InChI is InChI=1S/C5H4BrF3IN2P/c1-2-3(6)4(5(7,8)9)12(11-2)13-10/h13H,1H3. The van der Waals surface area contributed by atoms with E-state index in [2.05, 4.69) is 21.0 Å². The average molecular weight is 387 g/mol. The zero-order valence-electron chi connectivity index (χ0n) is 6.28. The number of halogens is 5. The highest BCUT2D eigenvalue weighted by Crippen LogP contribution is 2.40. The van der Waals surface area contributed by atoms with Crippen molar-refractivity contribution in [1.82, 2.24) is 9.55 Å². The molecule has 1 rings (SSSR count). The first-order chi connectivity index (χ1) is 5.88. The van der Waals surface area contributed by atoms with Crippen LogP contribution in [0.3, 0.4) is 0 Å². The van der Waals surface area contributed by atoms with E-state index in [4.69, 9.17) is 0 Å². The molecule has 1 aromatic rings. The number of hydrogen-bond donors (Lipinski definition) is 0. The van der Waals surface area contributed by atoms with E-state index in [0.29, 0.717) is 5.69 Å². The Morgan fingerprint density at radius 3 is 2.38 bits per heavy atom. The van der Waals surface area contributed by atoms with Gasteiger partial charge in [-0.15, -0.1) is 0 Å². The van der Waals surface area contributed by atoms with Crippen molar-refractivity contribution in [3.8, 4) is 0 Å². The first-order valence-corrected chi connectivity index (χ1v) is 7.92. The summed E-state index contributed by atoms with van der Waals surface area (Å²) in [6.45, 7) is 1.53. The van der Waals surface area contributed by atoms with Crippen LogP contribution in [0.15, 0.2) is 4.47 Å². The Hall–Kier alpha value is 0.640. The van der Waals surface area contributed by atoms with Gasteiger partial charge in [-0.1, -0.05) is 0 Å². The lowest BCUT2D eigenvalue weighted by Crippen LogP contribution is -2.10. The molecule has 0 aliphatic carbocycles. The summed E-state index contributed by atoms with van der Waals surface area (Å²) in [5.41, 5.74) is -0.353. The van der Waals surface area contributed by atoms with E-state index in [-0.39, 0.29) is 10.8 Å². The minimum Gasteiger partial charge on any atom is -0.232 e. The second-order valence-corrected chi connectivity index (χ2v) is 5.08. The fourth-order valence-corrected chi connectivity index (χ4v) is 3.01. The quantitative estimate of drug-likeness (QED) is 0.530. The van der Waals surface area contributed by atoms with Crippen LogP contribution in [-0.4, -0.2) is 9.55 Å². The maximum Gasteiger partial charge on any atom is 0.434 e. The SMILES string of the molecule is Cc1nn(PI)c(C(F)(F)F)c1Br. The molecule has 0 aliphatic rings. The van der Waals surface area contributed by atoms with Crippen LogP contribution in [0.25, 0.3) is 0 Å². The Kier molecular flexibility index (Phi) is 3.62. The summed E-state index contributed by atoms with van der Waals surface area (Å²) in [6, 6.07) is 0. The molecular formula is C5H4BrF3IN2P. The lowest BCUT2D eigenvalue weighted by Gasteiger charge is -2.07. The van der Waals surface area contributed by atoms with Crippen molar-refractivity contribution < 1.29 is 13.2 Å². The smallest absolute Gasteiger partial charge is 0.232 e. The van der Waals surface area contributed by atoms with Crippen LogP contribution in [0.1, 0.15) is 11.4 Å². The Balaban J connectivity index is 3.33. The van der Waals surface area contributed by atoms with Gasteiger partial charge in [0, 0.05) is 0 Å². The molecule has 2 nitrogen and oxygen atoms in total. The summed E-state index contributed by atoms with van der Waals surface area (Å²) < 4.78 is 38.2. The third-order valence-corrected chi connectivity index (χ3v) is 4.14. The van der Waals surface area contributed by atoms with E-state index in [9.17, 15) is 13.2 Å². The van der Waals surface area contributed by atoms with Crippen LogP contribution in [0.2, 0.25) is 0 Å². The van der Waals surface area contributed by atoms with E-state index < -0.39 is 11.9 Å². The first-order valence-electron chi connectivity index (χ1n) is 3.07. The highest BCUT2D eigenvalue weighted by atomic mass is 127. The molecule has 0 saturated heterocycles. The van der Waals surface area contributed by atoms with Gasteiger partial charge >= 0.3 is 6.18 Å². The van der Waals surface area contributed by atoms with Crippen LogP contribution in [-0.2, 0) is 6.18 Å². The van der Waals surface area contributed by atoms with Gasteiger partial charge in [0.1, 0.15) is 0 Å². The van der Waals surface area contributed by atoms with Gasteiger partial charge in [0.15, 0.2) is 5.69 Å². The Labute approximate surface area is 95.7 Å². The summed E-state index contributed by atoms with van der Waals surface area (Å²) in [6.07, 6.45) is -4.40. The lowest BCUT2D eigenvalue weighted by atomic mass is 10.4. The average Bonchev–Trinajstić information content (AvgIpc) is 2.26. The molecule has 0 amide bonds. The molecule has 1 heterocycles. The van der Waals surface area contributed by atoms with Crippen LogP contribution in [0.4, 0.5) is 13.2 Å². The fourth-order valence-electron chi connectivity index (χ4n) is 0.814. The summed E-state index contributed by atoms with van der Waals surface area (Å²) >= 11 is 4.73. The van der Waals surface area contributed by atoms with Gasteiger partial charge in [0.25, 0.3) is 0 Å². The molecule has 0 aliphatic heterocycles. The van der Waals surface area contributed by atoms with E-state index in [0.717, 1.165) is 4.45 Å². The van der Waals surface area contributed by atoms with Crippen molar-refractivity contribution >= 4 is 44.3 Å².